The fraction of sp³-hybridized carbons (Fsp3) is 0.300. The summed E-state index contributed by atoms with van der Waals surface area (Å²) in [4.78, 5) is 34.2. The van der Waals surface area contributed by atoms with Crippen LogP contribution in [0, 0.1) is 10.1 Å². The normalized spacial score (nSPS) is 12.0. The van der Waals surface area contributed by atoms with Crippen LogP contribution in [0.3, 0.4) is 0 Å². The number of anilines is 1. The molecule has 0 bridgehead atoms. The van der Waals surface area contributed by atoms with E-state index in [0.717, 1.165) is 17.9 Å². The van der Waals surface area contributed by atoms with Gasteiger partial charge >= 0.3 is 0 Å². The second kappa shape index (κ2) is 10.9. The molecule has 1 unspecified atom stereocenters. The lowest BCUT2D eigenvalue weighted by Gasteiger charge is -2.18. The molecule has 0 radical (unpaired) electrons. The lowest BCUT2D eigenvalue weighted by atomic mass is 10.0. The molecule has 2 amide bonds. The highest BCUT2D eigenvalue weighted by Crippen LogP contribution is 2.27. The van der Waals surface area contributed by atoms with Gasteiger partial charge in [-0.15, -0.1) is 0 Å². The quantitative estimate of drug-likeness (QED) is 0.267. The lowest BCUT2D eigenvalue weighted by molar-refractivity contribution is -0.384. The predicted octanol–water partition coefficient (Wildman–Crippen LogP) is 2.45. The van der Waals surface area contributed by atoms with E-state index in [-0.39, 0.29) is 47.6 Å². The van der Waals surface area contributed by atoms with Crippen molar-refractivity contribution < 1.29 is 22.9 Å². The molecular formula is C20H23ClN4O6S. The van der Waals surface area contributed by atoms with E-state index in [1.165, 1.54) is 19.1 Å². The summed E-state index contributed by atoms with van der Waals surface area (Å²) >= 11 is 5.88. The molecule has 32 heavy (non-hydrogen) atoms. The first-order chi connectivity index (χ1) is 15.0. The van der Waals surface area contributed by atoms with Gasteiger partial charge in [0.25, 0.3) is 5.69 Å². The number of nitro benzene ring substituents is 1. The SMILES string of the molecule is CC(=O)NC(CC(=O)NCCNc1ccc(S(C)(=O)=O)cc1[N+](=O)[O-])c1ccc(Cl)cc1. The number of amides is 2. The second-order valence-electron chi connectivity index (χ2n) is 6.99. The molecule has 0 spiro atoms. The van der Waals surface area contributed by atoms with Crippen LogP contribution in [-0.2, 0) is 19.4 Å². The average Bonchev–Trinajstić information content (AvgIpc) is 2.70. The molecule has 0 saturated heterocycles. The van der Waals surface area contributed by atoms with Gasteiger partial charge in [0, 0.05) is 37.4 Å². The van der Waals surface area contributed by atoms with E-state index in [4.69, 9.17) is 11.6 Å². The molecule has 0 aliphatic carbocycles. The Labute approximate surface area is 190 Å². The number of nitrogens with one attached hydrogen (secondary N) is 3. The number of nitrogens with zero attached hydrogens (tertiary/aromatic N) is 1. The van der Waals surface area contributed by atoms with Crippen molar-refractivity contribution in [3.8, 4) is 0 Å². The maximum Gasteiger partial charge on any atom is 0.293 e. The Morgan fingerprint density at radius 2 is 1.78 bits per heavy atom. The van der Waals surface area contributed by atoms with Gasteiger partial charge in [0.2, 0.25) is 11.8 Å². The molecule has 0 aliphatic heterocycles. The summed E-state index contributed by atoms with van der Waals surface area (Å²) in [6.45, 7) is 1.67. The number of rotatable bonds is 10. The summed E-state index contributed by atoms with van der Waals surface area (Å²) in [6.07, 6.45) is 0.956. The Kier molecular flexibility index (Phi) is 8.56. The Morgan fingerprint density at radius 1 is 1.12 bits per heavy atom. The summed E-state index contributed by atoms with van der Waals surface area (Å²) in [7, 11) is -3.58. The van der Waals surface area contributed by atoms with Gasteiger partial charge in [0.05, 0.1) is 22.3 Å². The zero-order valence-electron chi connectivity index (χ0n) is 17.4. The Balaban J connectivity index is 1.95. The Morgan fingerprint density at radius 3 is 2.34 bits per heavy atom. The van der Waals surface area contributed by atoms with Crippen molar-refractivity contribution in [2.45, 2.75) is 24.3 Å². The van der Waals surface area contributed by atoms with Crippen LogP contribution in [0.25, 0.3) is 0 Å². The van der Waals surface area contributed by atoms with Crippen LogP contribution in [0.5, 0.6) is 0 Å². The van der Waals surface area contributed by atoms with E-state index in [1.807, 2.05) is 0 Å². The molecular weight excluding hydrogens is 460 g/mol. The third-order valence-corrected chi connectivity index (χ3v) is 5.76. The third kappa shape index (κ3) is 7.50. The van der Waals surface area contributed by atoms with Gasteiger partial charge < -0.3 is 16.0 Å². The Bertz CT molecular complexity index is 1110. The van der Waals surface area contributed by atoms with Gasteiger partial charge in [-0.1, -0.05) is 23.7 Å². The van der Waals surface area contributed by atoms with Crippen LogP contribution in [0.1, 0.15) is 24.9 Å². The van der Waals surface area contributed by atoms with Crippen LogP contribution < -0.4 is 16.0 Å². The molecule has 0 saturated carbocycles. The van der Waals surface area contributed by atoms with Crippen LogP contribution in [0.2, 0.25) is 5.02 Å². The van der Waals surface area contributed by atoms with Gasteiger partial charge in [0.1, 0.15) is 5.69 Å². The first kappa shape index (κ1) is 25.1. The minimum absolute atomic E-state index is 0.00951. The number of nitro groups is 1. The van der Waals surface area contributed by atoms with Crippen molar-refractivity contribution in [2.24, 2.45) is 0 Å². The molecule has 2 rings (SSSR count). The molecule has 12 heteroatoms. The van der Waals surface area contributed by atoms with Gasteiger partial charge in [0.15, 0.2) is 9.84 Å². The average molecular weight is 483 g/mol. The topological polar surface area (TPSA) is 148 Å². The maximum atomic E-state index is 12.3. The van der Waals surface area contributed by atoms with Crippen LogP contribution in [-0.4, -0.2) is 44.5 Å². The van der Waals surface area contributed by atoms with E-state index < -0.39 is 20.8 Å². The van der Waals surface area contributed by atoms with Crippen molar-refractivity contribution in [3.05, 3.63) is 63.2 Å². The summed E-state index contributed by atoms with van der Waals surface area (Å²) in [5, 5.41) is 20.0. The fourth-order valence-electron chi connectivity index (χ4n) is 2.89. The lowest BCUT2D eigenvalue weighted by Crippen LogP contribution is -2.34. The second-order valence-corrected chi connectivity index (χ2v) is 9.45. The minimum atomic E-state index is -3.58. The highest BCUT2D eigenvalue weighted by molar-refractivity contribution is 7.90. The monoisotopic (exact) mass is 482 g/mol. The summed E-state index contributed by atoms with van der Waals surface area (Å²) < 4.78 is 23.2. The number of hydrogen-bond donors (Lipinski definition) is 3. The van der Waals surface area contributed by atoms with Crippen molar-refractivity contribution in [1.82, 2.24) is 10.6 Å². The highest BCUT2D eigenvalue weighted by Gasteiger charge is 2.19. The summed E-state index contributed by atoms with van der Waals surface area (Å²) in [5.41, 5.74) is 0.473. The first-order valence-electron chi connectivity index (χ1n) is 9.49. The predicted molar refractivity (Wildman–Crippen MR) is 120 cm³/mol. The molecule has 2 aromatic rings. The minimum Gasteiger partial charge on any atom is -0.378 e. The van der Waals surface area contributed by atoms with E-state index in [1.54, 1.807) is 24.3 Å². The molecule has 172 valence electrons. The first-order valence-corrected chi connectivity index (χ1v) is 11.8. The number of carbonyl (C=O) groups is 2. The van der Waals surface area contributed by atoms with Gasteiger partial charge in [-0.05, 0) is 29.8 Å². The molecule has 3 N–H and O–H groups in total. The number of sulfone groups is 1. The molecule has 0 aliphatic rings. The largest absolute Gasteiger partial charge is 0.378 e. The number of carbonyl (C=O) groups excluding carboxylic acids is 2. The molecule has 0 aromatic heterocycles. The van der Waals surface area contributed by atoms with Crippen LogP contribution in [0.15, 0.2) is 47.4 Å². The molecule has 0 fully saturated rings. The van der Waals surface area contributed by atoms with Crippen molar-refractivity contribution >= 4 is 44.6 Å². The molecule has 0 heterocycles. The van der Waals surface area contributed by atoms with Gasteiger partial charge in [-0.3, -0.25) is 19.7 Å². The highest BCUT2D eigenvalue weighted by atomic mass is 35.5. The number of benzene rings is 2. The zero-order valence-corrected chi connectivity index (χ0v) is 19.0. The van der Waals surface area contributed by atoms with Crippen molar-refractivity contribution in [1.29, 1.82) is 0 Å². The summed E-state index contributed by atoms with van der Waals surface area (Å²) in [5.74, 6) is -0.619. The molecule has 1 atom stereocenters. The van der Waals surface area contributed by atoms with Crippen LogP contribution in [0.4, 0.5) is 11.4 Å². The van der Waals surface area contributed by atoms with E-state index in [0.29, 0.717) is 5.02 Å². The summed E-state index contributed by atoms with van der Waals surface area (Å²) in [6, 6.07) is 9.79. The smallest absolute Gasteiger partial charge is 0.293 e. The zero-order chi connectivity index (χ0) is 23.9. The number of hydrogen-bond acceptors (Lipinski definition) is 7. The Hall–Kier alpha value is -3.18. The fourth-order valence-corrected chi connectivity index (χ4v) is 3.66. The van der Waals surface area contributed by atoms with Crippen molar-refractivity contribution in [2.75, 3.05) is 24.7 Å². The van der Waals surface area contributed by atoms with Gasteiger partial charge in [-0.2, -0.15) is 0 Å². The third-order valence-electron chi connectivity index (χ3n) is 4.40. The molecule has 10 nitrogen and oxygen atoms in total. The van der Waals surface area contributed by atoms with E-state index in [9.17, 15) is 28.1 Å². The van der Waals surface area contributed by atoms with E-state index in [2.05, 4.69) is 16.0 Å². The number of halogens is 1. The van der Waals surface area contributed by atoms with E-state index >= 15 is 0 Å². The maximum absolute atomic E-state index is 12.3. The standard InChI is InChI=1S/C20H23ClN4O6S/c1-13(26)24-18(14-3-5-15(21)6-4-14)12-20(27)23-10-9-22-17-8-7-16(32(2,30)31)11-19(17)25(28)29/h3-8,11,18,22H,9-10,12H2,1-2H3,(H,23,27)(H,24,26). The van der Waals surface area contributed by atoms with Crippen molar-refractivity contribution in [3.63, 3.8) is 0 Å². The van der Waals surface area contributed by atoms with Gasteiger partial charge in [-0.25, -0.2) is 8.42 Å². The molecule has 2 aromatic carbocycles. The van der Waals surface area contributed by atoms with Crippen LogP contribution >= 0.6 is 11.6 Å².